The van der Waals surface area contributed by atoms with Crippen molar-refractivity contribution in [2.75, 3.05) is 5.32 Å². The minimum atomic E-state index is 0.0415. The monoisotopic (exact) mass is 433 g/mol. The molecule has 1 amide bonds. The Morgan fingerprint density at radius 2 is 1.71 bits per heavy atom. The molecule has 4 fully saturated rings. The number of hydrogen-bond donors (Lipinski definition) is 1. The molecule has 4 aliphatic carbocycles. The van der Waals surface area contributed by atoms with Gasteiger partial charge in [-0.1, -0.05) is 17.7 Å². The molecule has 4 nitrogen and oxygen atoms in total. The van der Waals surface area contributed by atoms with E-state index in [4.69, 9.17) is 4.98 Å². The number of anilines is 1. The molecule has 2 heterocycles. The fourth-order valence-corrected chi connectivity index (χ4v) is 8.23. The Morgan fingerprint density at radius 3 is 2.32 bits per heavy atom. The summed E-state index contributed by atoms with van der Waals surface area (Å²) >= 11 is 1.67. The van der Waals surface area contributed by atoms with Gasteiger partial charge in [0.2, 0.25) is 5.91 Å². The molecular weight excluding hydrogens is 402 g/mol. The molecule has 0 saturated heterocycles. The first-order chi connectivity index (χ1) is 14.9. The number of carbonyl (C=O) groups is 1. The van der Waals surface area contributed by atoms with E-state index in [-0.39, 0.29) is 5.91 Å². The minimum absolute atomic E-state index is 0.0415. The summed E-state index contributed by atoms with van der Waals surface area (Å²) in [4.78, 5) is 19.0. The lowest BCUT2D eigenvalue weighted by Gasteiger charge is -2.56. The fourth-order valence-electron chi connectivity index (χ4n) is 7.36. The molecule has 5 heteroatoms. The Balaban J connectivity index is 1.25. The Hall–Kier alpha value is -2.14. The number of carbonyl (C=O) groups excluding carboxylic acids is 1. The van der Waals surface area contributed by atoms with E-state index in [2.05, 4.69) is 54.2 Å². The number of aryl methyl sites for hydroxylation is 3. The van der Waals surface area contributed by atoms with Crippen LogP contribution in [0.2, 0.25) is 0 Å². The summed E-state index contributed by atoms with van der Waals surface area (Å²) in [7, 11) is 0. The third kappa shape index (κ3) is 3.24. The summed E-state index contributed by atoms with van der Waals surface area (Å²) < 4.78 is 2.19. The number of nitrogens with one attached hydrogen (secondary N) is 1. The van der Waals surface area contributed by atoms with Crippen LogP contribution in [0.4, 0.5) is 5.69 Å². The lowest BCUT2D eigenvalue weighted by molar-refractivity contribution is -0.115. The Morgan fingerprint density at radius 1 is 1.10 bits per heavy atom. The van der Waals surface area contributed by atoms with Crippen molar-refractivity contribution in [1.29, 1.82) is 0 Å². The third-order valence-corrected chi connectivity index (χ3v) is 9.04. The smallest absolute Gasteiger partial charge is 0.230 e. The van der Waals surface area contributed by atoms with Gasteiger partial charge in [0.25, 0.3) is 0 Å². The third-order valence-electron chi connectivity index (χ3n) is 8.15. The van der Waals surface area contributed by atoms with Crippen LogP contribution < -0.4 is 5.32 Å². The standard InChI is InChI=1S/C26H31N3OS/c1-15-4-16(2)24(17(3)5-15)28-23(30)9-21-14-31-25-27-22(13-29(21)25)26-10-18-6-19(11-26)8-20(7-18)12-26/h4-5,13-14,18-20H,6-12H2,1-3H3,(H,28,30). The van der Waals surface area contributed by atoms with Crippen LogP contribution >= 0.6 is 11.3 Å². The van der Waals surface area contributed by atoms with Gasteiger partial charge in [0, 0.05) is 28.4 Å². The van der Waals surface area contributed by atoms with Gasteiger partial charge < -0.3 is 5.32 Å². The second-order valence-electron chi connectivity index (χ2n) is 10.7. The van der Waals surface area contributed by atoms with Crippen LogP contribution in [0.1, 0.15) is 66.6 Å². The molecule has 0 atom stereocenters. The zero-order valence-electron chi connectivity index (χ0n) is 18.7. The predicted octanol–water partition coefficient (Wildman–Crippen LogP) is 5.97. The molecule has 0 aliphatic heterocycles. The normalized spacial score (nSPS) is 29.1. The highest BCUT2D eigenvalue weighted by Gasteiger charge is 2.52. The van der Waals surface area contributed by atoms with Crippen LogP contribution in [0, 0.1) is 38.5 Å². The van der Waals surface area contributed by atoms with Crippen molar-refractivity contribution in [3.05, 3.63) is 51.8 Å². The highest BCUT2D eigenvalue weighted by molar-refractivity contribution is 7.15. The van der Waals surface area contributed by atoms with Gasteiger partial charge in [-0.25, -0.2) is 4.98 Å². The number of imidazole rings is 1. The zero-order chi connectivity index (χ0) is 21.3. The summed E-state index contributed by atoms with van der Waals surface area (Å²) in [5.41, 5.74) is 7.05. The van der Waals surface area contributed by atoms with E-state index in [1.165, 1.54) is 49.8 Å². The summed E-state index contributed by atoms with van der Waals surface area (Å²) in [6.45, 7) is 6.21. The van der Waals surface area contributed by atoms with Crippen molar-refractivity contribution in [3.63, 3.8) is 0 Å². The molecule has 7 rings (SSSR count). The number of fused-ring (bicyclic) bond motifs is 1. The maximum atomic E-state index is 12.9. The molecule has 1 aromatic carbocycles. The van der Waals surface area contributed by atoms with Gasteiger partial charge in [-0.05, 0) is 88.2 Å². The van der Waals surface area contributed by atoms with E-state index < -0.39 is 0 Å². The molecule has 4 aliphatic rings. The van der Waals surface area contributed by atoms with Crippen molar-refractivity contribution in [1.82, 2.24) is 9.38 Å². The molecule has 31 heavy (non-hydrogen) atoms. The second kappa shape index (κ2) is 6.93. The van der Waals surface area contributed by atoms with Gasteiger partial charge in [0.05, 0.1) is 12.1 Å². The molecule has 162 valence electrons. The largest absolute Gasteiger partial charge is 0.325 e. The van der Waals surface area contributed by atoms with E-state index in [0.717, 1.165) is 45.2 Å². The summed E-state index contributed by atoms with van der Waals surface area (Å²) in [6, 6.07) is 4.25. The van der Waals surface area contributed by atoms with Gasteiger partial charge in [0.1, 0.15) is 0 Å². The van der Waals surface area contributed by atoms with E-state index in [1.54, 1.807) is 11.3 Å². The first-order valence-corrected chi connectivity index (χ1v) is 12.6. The number of rotatable bonds is 4. The summed E-state index contributed by atoms with van der Waals surface area (Å²) in [5.74, 6) is 2.78. The number of aromatic nitrogens is 2. The molecule has 0 unspecified atom stereocenters. The molecule has 3 aromatic rings. The minimum Gasteiger partial charge on any atom is -0.325 e. The van der Waals surface area contributed by atoms with Gasteiger partial charge in [-0.3, -0.25) is 9.20 Å². The second-order valence-corrected chi connectivity index (χ2v) is 11.5. The SMILES string of the molecule is Cc1cc(C)c(NC(=O)Cc2csc3nc(C45CC6CC(CC(C6)C4)C5)cn23)c(C)c1. The molecule has 1 N–H and O–H groups in total. The molecule has 4 bridgehead atoms. The number of amides is 1. The summed E-state index contributed by atoms with van der Waals surface area (Å²) in [5, 5.41) is 5.25. The van der Waals surface area contributed by atoms with Crippen molar-refractivity contribution >= 4 is 27.9 Å². The van der Waals surface area contributed by atoms with Crippen molar-refractivity contribution in [2.24, 2.45) is 17.8 Å². The molecule has 0 radical (unpaired) electrons. The highest BCUT2D eigenvalue weighted by atomic mass is 32.1. The Labute approximate surface area is 188 Å². The lowest BCUT2D eigenvalue weighted by atomic mass is 9.49. The van der Waals surface area contributed by atoms with Gasteiger partial charge >= 0.3 is 0 Å². The number of nitrogens with zero attached hydrogens (tertiary/aromatic N) is 2. The van der Waals surface area contributed by atoms with Gasteiger partial charge in [0.15, 0.2) is 4.96 Å². The summed E-state index contributed by atoms with van der Waals surface area (Å²) in [6.07, 6.45) is 11.0. The Kier molecular flexibility index (Phi) is 4.37. The lowest BCUT2D eigenvalue weighted by Crippen LogP contribution is -2.48. The fraction of sp³-hybridized carbons (Fsp3) is 0.538. The number of benzene rings is 1. The first-order valence-electron chi connectivity index (χ1n) is 11.7. The van der Waals surface area contributed by atoms with Crippen molar-refractivity contribution in [3.8, 4) is 0 Å². The topological polar surface area (TPSA) is 46.4 Å². The zero-order valence-corrected chi connectivity index (χ0v) is 19.5. The van der Waals surface area contributed by atoms with E-state index in [0.29, 0.717) is 11.8 Å². The van der Waals surface area contributed by atoms with Gasteiger partial charge in [-0.2, -0.15) is 0 Å². The predicted molar refractivity (Wildman–Crippen MR) is 126 cm³/mol. The average molecular weight is 434 g/mol. The average Bonchev–Trinajstić information content (AvgIpc) is 3.26. The first kappa shape index (κ1) is 19.5. The van der Waals surface area contributed by atoms with Crippen LogP contribution in [0.5, 0.6) is 0 Å². The van der Waals surface area contributed by atoms with Crippen LogP contribution in [-0.2, 0) is 16.6 Å². The quantitative estimate of drug-likeness (QED) is 0.551. The molecule has 0 spiro atoms. The van der Waals surface area contributed by atoms with E-state index >= 15 is 0 Å². The van der Waals surface area contributed by atoms with Crippen LogP contribution in [0.3, 0.4) is 0 Å². The number of thiazole rings is 1. The van der Waals surface area contributed by atoms with Crippen molar-refractivity contribution in [2.45, 2.75) is 71.1 Å². The van der Waals surface area contributed by atoms with Gasteiger partial charge in [-0.15, -0.1) is 11.3 Å². The maximum absolute atomic E-state index is 12.9. The Bertz CT molecular complexity index is 1130. The van der Waals surface area contributed by atoms with Crippen LogP contribution in [-0.4, -0.2) is 15.3 Å². The molecule has 2 aromatic heterocycles. The van der Waals surface area contributed by atoms with Crippen molar-refractivity contribution < 1.29 is 4.79 Å². The van der Waals surface area contributed by atoms with Crippen LogP contribution in [0.25, 0.3) is 4.96 Å². The van der Waals surface area contributed by atoms with Crippen LogP contribution in [0.15, 0.2) is 23.7 Å². The van der Waals surface area contributed by atoms with E-state index in [9.17, 15) is 4.79 Å². The molecular formula is C26H31N3OS. The molecule has 4 saturated carbocycles. The number of hydrogen-bond acceptors (Lipinski definition) is 3. The highest BCUT2D eigenvalue weighted by Crippen LogP contribution is 2.60. The van der Waals surface area contributed by atoms with E-state index in [1.807, 2.05) is 0 Å². The maximum Gasteiger partial charge on any atom is 0.230 e.